The number of benzene rings is 1. The Morgan fingerprint density at radius 3 is 2.69 bits per heavy atom. The van der Waals surface area contributed by atoms with Crippen LogP contribution in [0.4, 0.5) is 0 Å². The van der Waals surface area contributed by atoms with E-state index >= 15 is 0 Å². The molecule has 1 aromatic carbocycles. The van der Waals surface area contributed by atoms with Crippen LogP contribution in [0.1, 0.15) is 11.4 Å². The van der Waals surface area contributed by atoms with E-state index < -0.39 is 0 Å². The topological polar surface area (TPSA) is 39.9 Å². The highest BCUT2D eigenvalue weighted by Crippen LogP contribution is 2.20. The maximum absolute atomic E-state index is 6.00. The van der Waals surface area contributed by atoms with Crippen LogP contribution in [0.25, 0.3) is 5.69 Å². The van der Waals surface area contributed by atoms with Gasteiger partial charge in [-0.25, -0.2) is 0 Å². The first kappa shape index (κ1) is 11.1. The number of ether oxygens (including phenoxy) is 1. The largest absolute Gasteiger partial charge is 0.380 e. The highest BCUT2D eigenvalue weighted by molar-refractivity contribution is 6.28. The lowest BCUT2D eigenvalue weighted by Gasteiger charge is -2.10. The van der Waals surface area contributed by atoms with Crippen LogP contribution in [0.15, 0.2) is 24.3 Å². The van der Waals surface area contributed by atoms with Gasteiger partial charge in [0.1, 0.15) is 5.82 Å². The van der Waals surface area contributed by atoms with E-state index in [1.54, 1.807) is 11.7 Å². The molecule has 0 bridgehead atoms. The molecule has 2 rings (SSSR count). The smallest absolute Gasteiger partial charge is 0.229 e. The second-order valence-corrected chi connectivity index (χ2v) is 3.75. The summed E-state index contributed by atoms with van der Waals surface area (Å²) in [5, 5.41) is 8.13. The molecule has 0 atom stereocenters. The first-order valence-corrected chi connectivity index (χ1v) is 5.26. The summed E-state index contributed by atoms with van der Waals surface area (Å²) in [6.07, 6.45) is 0. The van der Waals surface area contributed by atoms with Gasteiger partial charge in [0, 0.05) is 12.7 Å². The molecule has 0 aliphatic rings. The fourth-order valence-electron chi connectivity index (χ4n) is 1.62. The summed E-state index contributed by atoms with van der Waals surface area (Å²) in [7, 11) is 1.66. The van der Waals surface area contributed by atoms with Crippen LogP contribution in [0.3, 0.4) is 0 Å². The summed E-state index contributed by atoms with van der Waals surface area (Å²) in [5.41, 5.74) is 2.01. The van der Waals surface area contributed by atoms with Crippen molar-refractivity contribution in [2.24, 2.45) is 0 Å². The van der Waals surface area contributed by atoms with Crippen molar-refractivity contribution < 1.29 is 4.74 Å². The SMILES string of the molecule is COCc1ccccc1-n1c(C)nnc1Cl. The number of hydrogen-bond acceptors (Lipinski definition) is 3. The number of halogens is 1. The number of rotatable bonds is 3. The highest BCUT2D eigenvalue weighted by atomic mass is 35.5. The third kappa shape index (κ3) is 1.94. The van der Waals surface area contributed by atoms with Gasteiger partial charge in [-0.3, -0.25) is 4.57 Å². The number of para-hydroxylation sites is 1. The zero-order chi connectivity index (χ0) is 11.5. The standard InChI is InChI=1S/C11H12ClN3O/c1-8-13-14-11(12)15(8)10-6-4-3-5-9(10)7-16-2/h3-6H,7H2,1-2H3. The minimum Gasteiger partial charge on any atom is -0.380 e. The number of methoxy groups -OCH3 is 1. The molecular weight excluding hydrogens is 226 g/mol. The van der Waals surface area contributed by atoms with E-state index in [2.05, 4.69) is 10.2 Å². The molecule has 0 unspecified atom stereocenters. The normalized spacial score (nSPS) is 10.7. The van der Waals surface area contributed by atoms with E-state index in [9.17, 15) is 0 Å². The summed E-state index contributed by atoms with van der Waals surface area (Å²) in [6.45, 7) is 2.40. The summed E-state index contributed by atoms with van der Waals surface area (Å²) in [4.78, 5) is 0. The van der Waals surface area contributed by atoms with Gasteiger partial charge in [0.2, 0.25) is 5.28 Å². The monoisotopic (exact) mass is 237 g/mol. The van der Waals surface area contributed by atoms with Gasteiger partial charge in [-0.1, -0.05) is 18.2 Å². The van der Waals surface area contributed by atoms with Crippen molar-refractivity contribution in [3.8, 4) is 5.69 Å². The zero-order valence-electron chi connectivity index (χ0n) is 9.14. The second kappa shape index (κ2) is 4.63. The Bertz CT molecular complexity index is 476. The molecule has 2 aromatic rings. The quantitative estimate of drug-likeness (QED) is 0.823. The van der Waals surface area contributed by atoms with Gasteiger partial charge in [-0.15, -0.1) is 10.2 Å². The van der Waals surface area contributed by atoms with Crippen LogP contribution in [-0.4, -0.2) is 21.9 Å². The Kier molecular flexibility index (Phi) is 3.22. The second-order valence-electron chi connectivity index (χ2n) is 3.41. The molecule has 0 radical (unpaired) electrons. The molecule has 0 saturated heterocycles. The predicted molar refractivity (Wildman–Crippen MR) is 61.8 cm³/mol. The highest BCUT2D eigenvalue weighted by Gasteiger charge is 2.11. The molecule has 0 amide bonds. The Morgan fingerprint density at radius 2 is 2.06 bits per heavy atom. The van der Waals surface area contributed by atoms with Gasteiger partial charge in [0.15, 0.2) is 0 Å². The molecule has 5 heteroatoms. The van der Waals surface area contributed by atoms with Crippen LogP contribution in [0, 0.1) is 6.92 Å². The summed E-state index contributed by atoms with van der Waals surface area (Å²) in [5.74, 6) is 0.758. The molecule has 16 heavy (non-hydrogen) atoms. The molecule has 0 spiro atoms. The molecule has 0 N–H and O–H groups in total. The van der Waals surface area contributed by atoms with Gasteiger partial charge >= 0.3 is 0 Å². The lowest BCUT2D eigenvalue weighted by atomic mass is 10.2. The number of aromatic nitrogens is 3. The molecule has 1 heterocycles. The van der Waals surface area contributed by atoms with E-state index in [-0.39, 0.29) is 0 Å². The van der Waals surface area contributed by atoms with Crippen LogP contribution in [0.2, 0.25) is 5.28 Å². The van der Waals surface area contributed by atoms with Gasteiger partial charge in [-0.2, -0.15) is 0 Å². The first-order chi connectivity index (χ1) is 7.74. The third-order valence-electron chi connectivity index (χ3n) is 2.32. The molecule has 0 aliphatic carbocycles. The van der Waals surface area contributed by atoms with Crippen molar-refractivity contribution >= 4 is 11.6 Å². The number of hydrogen-bond donors (Lipinski definition) is 0. The van der Waals surface area contributed by atoms with Crippen molar-refractivity contribution in [2.75, 3.05) is 7.11 Å². The van der Waals surface area contributed by atoms with Crippen LogP contribution in [-0.2, 0) is 11.3 Å². The molecule has 0 aliphatic heterocycles. The average molecular weight is 238 g/mol. The molecule has 1 aromatic heterocycles. The molecule has 84 valence electrons. The lowest BCUT2D eigenvalue weighted by molar-refractivity contribution is 0.185. The van der Waals surface area contributed by atoms with Crippen molar-refractivity contribution in [3.63, 3.8) is 0 Å². The summed E-state index contributed by atoms with van der Waals surface area (Å²) < 4.78 is 6.95. The molecular formula is C11H12ClN3O. The van der Waals surface area contributed by atoms with Crippen molar-refractivity contribution in [2.45, 2.75) is 13.5 Å². The van der Waals surface area contributed by atoms with Crippen LogP contribution in [0.5, 0.6) is 0 Å². The van der Waals surface area contributed by atoms with Crippen LogP contribution >= 0.6 is 11.6 Å². The van der Waals surface area contributed by atoms with E-state index in [1.165, 1.54) is 0 Å². The van der Waals surface area contributed by atoms with E-state index in [4.69, 9.17) is 16.3 Å². The Labute approximate surface area is 98.8 Å². The minimum atomic E-state index is 0.362. The lowest BCUT2D eigenvalue weighted by Crippen LogP contribution is -2.02. The fourth-order valence-corrected chi connectivity index (χ4v) is 1.87. The average Bonchev–Trinajstić information content (AvgIpc) is 2.60. The van der Waals surface area contributed by atoms with E-state index in [1.807, 2.05) is 31.2 Å². The van der Waals surface area contributed by atoms with E-state index in [0.717, 1.165) is 17.1 Å². The first-order valence-electron chi connectivity index (χ1n) is 4.88. The van der Waals surface area contributed by atoms with Gasteiger partial charge in [0.25, 0.3) is 0 Å². The number of nitrogens with zero attached hydrogens (tertiary/aromatic N) is 3. The Balaban J connectivity index is 2.55. The maximum atomic E-state index is 6.00. The van der Waals surface area contributed by atoms with Crippen molar-refractivity contribution in [1.29, 1.82) is 0 Å². The van der Waals surface area contributed by atoms with Crippen LogP contribution < -0.4 is 0 Å². The van der Waals surface area contributed by atoms with Gasteiger partial charge < -0.3 is 4.74 Å². The summed E-state index contributed by atoms with van der Waals surface area (Å²) >= 11 is 6.00. The van der Waals surface area contributed by atoms with Gasteiger partial charge in [0.05, 0.1) is 12.3 Å². The zero-order valence-corrected chi connectivity index (χ0v) is 9.90. The van der Waals surface area contributed by atoms with Gasteiger partial charge in [-0.05, 0) is 24.6 Å². The van der Waals surface area contributed by atoms with Crippen molar-refractivity contribution in [1.82, 2.24) is 14.8 Å². The predicted octanol–water partition coefficient (Wildman–Crippen LogP) is 2.38. The molecule has 4 nitrogen and oxygen atoms in total. The minimum absolute atomic E-state index is 0.362. The number of aryl methyl sites for hydroxylation is 1. The molecule has 0 fully saturated rings. The molecule has 0 saturated carbocycles. The fraction of sp³-hybridized carbons (Fsp3) is 0.273. The Morgan fingerprint density at radius 1 is 1.31 bits per heavy atom. The summed E-state index contributed by atoms with van der Waals surface area (Å²) in [6, 6.07) is 7.88. The third-order valence-corrected chi connectivity index (χ3v) is 2.56. The Hall–Kier alpha value is -1.39. The van der Waals surface area contributed by atoms with Crippen molar-refractivity contribution in [3.05, 3.63) is 40.9 Å². The maximum Gasteiger partial charge on any atom is 0.229 e. The van der Waals surface area contributed by atoms with E-state index in [0.29, 0.717) is 11.9 Å².